The molecule has 0 bridgehead atoms. The van der Waals surface area contributed by atoms with Crippen molar-refractivity contribution in [3.8, 4) is 16.9 Å². The lowest BCUT2D eigenvalue weighted by atomic mass is 10.1. The van der Waals surface area contributed by atoms with E-state index in [0.717, 1.165) is 22.6 Å². The van der Waals surface area contributed by atoms with Crippen LogP contribution < -0.4 is 5.11 Å². The van der Waals surface area contributed by atoms with Crippen molar-refractivity contribution in [2.45, 2.75) is 19.8 Å². The van der Waals surface area contributed by atoms with Crippen LogP contribution in [0.25, 0.3) is 16.9 Å². The molecule has 0 amide bonds. The maximum absolute atomic E-state index is 10.8. The molecule has 2 aromatic carbocycles. The summed E-state index contributed by atoms with van der Waals surface area (Å²) in [5, 5.41) is 10.8. The van der Waals surface area contributed by atoms with E-state index >= 15 is 0 Å². The van der Waals surface area contributed by atoms with E-state index in [4.69, 9.17) is 0 Å². The highest BCUT2D eigenvalue weighted by molar-refractivity contribution is 5.66. The number of aliphatic carboxylic acids is 1. The smallest absolute Gasteiger partial charge is 0.0531 e. The van der Waals surface area contributed by atoms with Gasteiger partial charge in [-0.05, 0) is 49.6 Å². The van der Waals surface area contributed by atoms with Gasteiger partial charge in [-0.3, -0.25) is 0 Å². The average molecular weight is 304 g/mol. The number of aromatic nitrogens is 1. The van der Waals surface area contributed by atoms with E-state index in [1.165, 1.54) is 5.56 Å². The van der Waals surface area contributed by atoms with Gasteiger partial charge >= 0.3 is 0 Å². The molecule has 1 heterocycles. The van der Waals surface area contributed by atoms with Gasteiger partial charge in [0.25, 0.3) is 0 Å². The Balaban J connectivity index is 2.10. The molecule has 3 heteroatoms. The van der Waals surface area contributed by atoms with E-state index in [1.54, 1.807) is 0 Å². The van der Waals surface area contributed by atoms with E-state index in [0.29, 0.717) is 6.42 Å². The Morgan fingerprint density at radius 1 is 0.957 bits per heavy atom. The van der Waals surface area contributed by atoms with Crippen LogP contribution in [0.3, 0.4) is 0 Å². The maximum atomic E-state index is 10.8. The fraction of sp³-hybridized carbons (Fsp3) is 0.150. The minimum atomic E-state index is -1.03. The zero-order chi connectivity index (χ0) is 16.2. The molecule has 0 N–H and O–H groups in total. The van der Waals surface area contributed by atoms with Crippen molar-refractivity contribution < 1.29 is 9.90 Å². The first-order chi connectivity index (χ1) is 11.1. The summed E-state index contributed by atoms with van der Waals surface area (Å²) in [6.45, 7) is 2.05. The number of aryl methyl sites for hydroxylation is 2. The minimum absolute atomic E-state index is 0.0180. The number of rotatable bonds is 5. The standard InChI is InChI=1S/C20H19NO2/c1-15-7-9-17(10-8-15)21-18(12-14-20(22)23)11-13-19(21)16-5-3-2-4-6-16/h2-11,13H,12,14H2,1H3,(H,22,23)/p-1. The van der Waals surface area contributed by atoms with Crippen molar-refractivity contribution in [2.75, 3.05) is 0 Å². The third kappa shape index (κ3) is 3.34. The molecule has 0 spiro atoms. The molecule has 0 saturated heterocycles. The first-order valence-electron chi connectivity index (χ1n) is 7.68. The lowest BCUT2D eigenvalue weighted by molar-refractivity contribution is -0.305. The zero-order valence-corrected chi connectivity index (χ0v) is 13.0. The van der Waals surface area contributed by atoms with E-state index in [9.17, 15) is 9.90 Å². The molecule has 0 aliphatic rings. The number of benzene rings is 2. The van der Waals surface area contributed by atoms with Gasteiger partial charge in [0.1, 0.15) is 0 Å². The first kappa shape index (κ1) is 15.1. The van der Waals surface area contributed by atoms with Crippen LogP contribution in [0.1, 0.15) is 17.7 Å². The molecule has 1 aromatic heterocycles. The zero-order valence-electron chi connectivity index (χ0n) is 13.0. The Hall–Kier alpha value is -2.81. The molecule has 0 aliphatic carbocycles. The van der Waals surface area contributed by atoms with Gasteiger partial charge in [0.15, 0.2) is 0 Å². The van der Waals surface area contributed by atoms with Crippen molar-refractivity contribution in [3.63, 3.8) is 0 Å². The number of nitrogens with zero attached hydrogens (tertiary/aromatic N) is 1. The Bertz CT molecular complexity index is 801. The molecule has 3 nitrogen and oxygen atoms in total. The van der Waals surface area contributed by atoms with Crippen molar-refractivity contribution in [1.29, 1.82) is 0 Å². The van der Waals surface area contributed by atoms with Crippen LogP contribution in [0, 0.1) is 6.92 Å². The molecule has 3 rings (SSSR count). The summed E-state index contributed by atoms with van der Waals surface area (Å²) < 4.78 is 2.12. The fourth-order valence-corrected chi connectivity index (χ4v) is 2.74. The van der Waals surface area contributed by atoms with E-state index < -0.39 is 5.97 Å². The third-order valence-electron chi connectivity index (χ3n) is 3.91. The van der Waals surface area contributed by atoms with Crippen molar-refractivity contribution >= 4 is 5.97 Å². The maximum Gasteiger partial charge on any atom is 0.0531 e. The van der Waals surface area contributed by atoms with Gasteiger partial charge < -0.3 is 14.5 Å². The van der Waals surface area contributed by atoms with Gasteiger partial charge in [0.2, 0.25) is 0 Å². The summed E-state index contributed by atoms with van der Waals surface area (Å²) in [6, 6.07) is 22.4. The predicted octanol–water partition coefficient (Wildman–Crippen LogP) is 3.14. The normalized spacial score (nSPS) is 10.7. The molecule has 0 fully saturated rings. The highest BCUT2D eigenvalue weighted by atomic mass is 16.4. The number of carboxylic acid groups (broad SMARTS) is 1. The highest BCUT2D eigenvalue weighted by Crippen LogP contribution is 2.27. The summed E-state index contributed by atoms with van der Waals surface area (Å²) >= 11 is 0. The van der Waals surface area contributed by atoms with Crippen LogP contribution in [-0.4, -0.2) is 10.5 Å². The second-order valence-electron chi connectivity index (χ2n) is 5.62. The van der Waals surface area contributed by atoms with Crippen molar-refractivity contribution in [1.82, 2.24) is 4.57 Å². The Morgan fingerprint density at radius 3 is 2.30 bits per heavy atom. The third-order valence-corrected chi connectivity index (χ3v) is 3.91. The minimum Gasteiger partial charge on any atom is -0.550 e. The highest BCUT2D eigenvalue weighted by Gasteiger charge is 2.11. The number of hydrogen-bond acceptors (Lipinski definition) is 2. The van der Waals surface area contributed by atoms with Gasteiger partial charge in [-0.2, -0.15) is 0 Å². The molecule has 0 radical (unpaired) electrons. The quantitative estimate of drug-likeness (QED) is 0.727. The number of hydrogen-bond donors (Lipinski definition) is 0. The molecular formula is C20H18NO2-. The van der Waals surface area contributed by atoms with Gasteiger partial charge in [-0.1, -0.05) is 48.0 Å². The van der Waals surface area contributed by atoms with Crippen molar-refractivity contribution in [3.05, 3.63) is 78.0 Å². The Morgan fingerprint density at radius 2 is 1.65 bits per heavy atom. The molecule has 0 unspecified atom stereocenters. The topological polar surface area (TPSA) is 45.1 Å². The van der Waals surface area contributed by atoms with Gasteiger partial charge in [0.05, 0.1) is 5.69 Å². The molecule has 3 aromatic rings. The number of carbonyl (C=O) groups is 1. The Kier molecular flexibility index (Phi) is 4.29. The van der Waals surface area contributed by atoms with Crippen LogP contribution >= 0.6 is 0 Å². The predicted molar refractivity (Wildman–Crippen MR) is 89.3 cm³/mol. The summed E-state index contributed by atoms with van der Waals surface area (Å²) in [7, 11) is 0. The first-order valence-corrected chi connectivity index (χ1v) is 7.68. The fourth-order valence-electron chi connectivity index (χ4n) is 2.74. The summed E-state index contributed by atoms with van der Waals surface area (Å²) in [4.78, 5) is 10.8. The molecule has 0 aliphatic heterocycles. The lowest BCUT2D eigenvalue weighted by Gasteiger charge is -2.15. The van der Waals surface area contributed by atoms with E-state index in [-0.39, 0.29) is 6.42 Å². The monoisotopic (exact) mass is 304 g/mol. The number of carboxylic acids is 1. The molecule has 116 valence electrons. The molecule has 23 heavy (non-hydrogen) atoms. The van der Waals surface area contributed by atoms with Crippen LogP contribution in [0.2, 0.25) is 0 Å². The van der Waals surface area contributed by atoms with Crippen LogP contribution in [-0.2, 0) is 11.2 Å². The van der Waals surface area contributed by atoms with Gasteiger partial charge in [-0.15, -0.1) is 0 Å². The molecule has 0 saturated carbocycles. The summed E-state index contributed by atoms with van der Waals surface area (Å²) in [6.07, 6.45) is 0.465. The molecule has 0 atom stereocenters. The van der Waals surface area contributed by atoms with Crippen molar-refractivity contribution in [2.24, 2.45) is 0 Å². The average Bonchev–Trinajstić information content (AvgIpc) is 2.98. The van der Waals surface area contributed by atoms with Crippen LogP contribution in [0.5, 0.6) is 0 Å². The second-order valence-corrected chi connectivity index (χ2v) is 5.62. The largest absolute Gasteiger partial charge is 0.550 e. The van der Waals surface area contributed by atoms with Gasteiger partial charge in [-0.25, -0.2) is 0 Å². The molecular weight excluding hydrogens is 286 g/mol. The van der Waals surface area contributed by atoms with Crippen LogP contribution in [0.15, 0.2) is 66.7 Å². The SMILES string of the molecule is Cc1ccc(-n2c(CCC(=O)[O-])ccc2-c2ccccc2)cc1. The van der Waals surface area contributed by atoms with E-state index in [1.807, 2.05) is 30.3 Å². The lowest BCUT2D eigenvalue weighted by Crippen LogP contribution is -2.22. The summed E-state index contributed by atoms with van der Waals surface area (Å²) in [5.41, 5.74) is 5.36. The Labute approximate surface area is 135 Å². The summed E-state index contributed by atoms with van der Waals surface area (Å²) in [5.74, 6) is -1.03. The van der Waals surface area contributed by atoms with E-state index in [2.05, 4.69) is 47.9 Å². The van der Waals surface area contributed by atoms with Gasteiger partial charge in [0, 0.05) is 17.4 Å². The number of carbonyl (C=O) groups excluding carboxylic acids is 1. The van der Waals surface area contributed by atoms with Crippen LogP contribution in [0.4, 0.5) is 0 Å². The second kappa shape index (κ2) is 6.53.